The van der Waals surface area contributed by atoms with Crippen LogP contribution in [0.1, 0.15) is 26.2 Å². The van der Waals surface area contributed by atoms with Crippen LogP contribution in [0.2, 0.25) is 0 Å². The van der Waals surface area contributed by atoms with E-state index in [2.05, 4.69) is 36.1 Å². The quantitative estimate of drug-likeness (QED) is 0.369. The maximum absolute atomic E-state index is 5.70. The average Bonchev–Trinajstić information content (AvgIpc) is 3.28. The molecule has 2 rings (SSSR count). The predicted molar refractivity (Wildman–Crippen MR) is 98.6 cm³/mol. The molecule has 2 unspecified atom stereocenters. The number of nitrogens with one attached hydrogen (secondary N) is 1. The zero-order chi connectivity index (χ0) is 17.4. The van der Waals surface area contributed by atoms with Crippen LogP contribution in [-0.2, 0) is 9.47 Å². The fraction of sp³-hybridized carbons (Fsp3) is 0.944. The number of likely N-dealkylation sites (N-methyl/N-ethyl adjacent to an activating group) is 1. The molecule has 24 heavy (non-hydrogen) atoms. The third-order valence-electron chi connectivity index (χ3n) is 4.96. The van der Waals surface area contributed by atoms with Crippen molar-refractivity contribution in [3.8, 4) is 0 Å². The molecule has 6 nitrogen and oxygen atoms in total. The molecule has 0 bridgehead atoms. The molecule has 0 spiro atoms. The van der Waals surface area contributed by atoms with Gasteiger partial charge in [0, 0.05) is 38.7 Å². The molecule has 1 saturated carbocycles. The van der Waals surface area contributed by atoms with Gasteiger partial charge in [-0.25, -0.2) is 0 Å². The molecule has 0 aromatic carbocycles. The molecule has 0 radical (unpaired) electrons. The predicted octanol–water partition coefficient (Wildman–Crippen LogP) is 1.28. The summed E-state index contributed by atoms with van der Waals surface area (Å²) >= 11 is 0. The fourth-order valence-electron chi connectivity index (χ4n) is 3.37. The third-order valence-corrected chi connectivity index (χ3v) is 4.96. The Hall–Kier alpha value is -0.850. The Morgan fingerprint density at radius 3 is 2.71 bits per heavy atom. The van der Waals surface area contributed by atoms with Crippen LogP contribution in [0.4, 0.5) is 0 Å². The zero-order valence-corrected chi connectivity index (χ0v) is 16.0. The molecule has 1 aliphatic heterocycles. The Balaban J connectivity index is 1.82. The van der Waals surface area contributed by atoms with Crippen molar-refractivity contribution in [2.75, 3.05) is 67.2 Å². The summed E-state index contributed by atoms with van der Waals surface area (Å²) in [6, 6.07) is 0.578. The van der Waals surface area contributed by atoms with Crippen LogP contribution < -0.4 is 5.32 Å². The maximum Gasteiger partial charge on any atom is 0.193 e. The van der Waals surface area contributed by atoms with Crippen molar-refractivity contribution in [1.29, 1.82) is 0 Å². The van der Waals surface area contributed by atoms with Crippen molar-refractivity contribution in [3.63, 3.8) is 0 Å². The van der Waals surface area contributed by atoms with Gasteiger partial charge in [0.25, 0.3) is 0 Å². The highest BCUT2D eigenvalue weighted by Gasteiger charge is 2.33. The zero-order valence-electron chi connectivity index (χ0n) is 16.0. The van der Waals surface area contributed by atoms with Gasteiger partial charge in [-0.1, -0.05) is 0 Å². The molecule has 6 heteroatoms. The highest BCUT2D eigenvalue weighted by molar-refractivity contribution is 5.80. The van der Waals surface area contributed by atoms with E-state index in [9.17, 15) is 0 Å². The Labute approximate surface area is 147 Å². The van der Waals surface area contributed by atoms with E-state index in [1.165, 1.54) is 19.3 Å². The van der Waals surface area contributed by atoms with Gasteiger partial charge in [0.05, 0.1) is 26.4 Å². The molecule has 0 aromatic heterocycles. The van der Waals surface area contributed by atoms with Gasteiger partial charge in [-0.05, 0) is 46.2 Å². The first-order chi connectivity index (χ1) is 11.7. The van der Waals surface area contributed by atoms with Crippen molar-refractivity contribution in [3.05, 3.63) is 0 Å². The number of likely N-dealkylation sites (tertiary alicyclic amines) is 1. The lowest BCUT2D eigenvalue weighted by Gasteiger charge is -2.25. The van der Waals surface area contributed by atoms with E-state index in [0.29, 0.717) is 25.2 Å². The molecule has 140 valence electrons. The number of nitrogens with zero attached hydrogens (tertiary/aromatic N) is 3. The summed E-state index contributed by atoms with van der Waals surface area (Å²) in [5, 5.41) is 3.47. The van der Waals surface area contributed by atoms with Crippen LogP contribution in [0.5, 0.6) is 0 Å². The van der Waals surface area contributed by atoms with Gasteiger partial charge >= 0.3 is 0 Å². The van der Waals surface area contributed by atoms with Gasteiger partial charge in [0.2, 0.25) is 0 Å². The topological polar surface area (TPSA) is 49.3 Å². The van der Waals surface area contributed by atoms with Crippen LogP contribution in [0.3, 0.4) is 0 Å². The number of rotatable bonds is 10. The standard InChI is InChI=1S/C18H36N4O2/c1-5-19-18(20-12-17(21(2)3)16-6-7-16)22-9-8-15(13-22)14-24-11-10-23-4/h15-17H,5-14H2,1-4H3,(H,19,20). The van der Waals surface area contributed by atoms with E-state index in [0.717, 1.165) is 44.7 Å². The number of ether oxygens (including phenoxy) is 2. The summed E-state index contributed by atoms with van der Waals surface area (Å²) in [4.78, 5) is 9.68. The first-order valence-corrected chi connectivity index (χ1v) is 9.42. The molecular formula is C18H36N4O2. The molecule has 0 amide bonds. The Morgan fingerprint density at radius 1 is 1.29 bits per heavy atom. The average molecular weight is 341 g/mol. The molecule has 0 aromatic rings. The minimum absolute atomic E-state index is 0.578. The summed E-state index contributed by atoms with van der Waals surface area (Å²) in [6.45, 7) is 8.24. The Morgan fingerprint density at radius 2 is 2.08 bits per heavy atom. The molecule has 2 atom stereocenters. The van der Waals surface area contributed by atoms with Crippen molar-refractivity contribution in [2.24, 2.45) is 16.8 Å². The minimum atomic E-state index is 0.578. The van der Waals surface area contributed by atoms with Gasteiger partial charge in [-0.2, -0.15) is 0 Å². The summed E-state index contributed by atoms with van der Waals surface area (Å²) < 4.78 is 10.7. The van der Waals surface area contributed by atoms with E-state index in [4.69, 9.17) is 14.5 Å². The highest BCUT2D eigenvalue weighted by Crippen LogP contribution is 2.34. The smallest absolute Gasteiger partial charge is 0.193 e. The highest BCUT2D eigenvalue weighted by atomic mass is 16.5. The van der Waals surface area contributed by atoms with E-state index < -0.39 is 0 Å². The number of aliphatic imine (C=N–C) groups is 1. The molecule has 1 aliphatic carbocycles. The van der Waals surface area contributed by atoms with E-state index in [-0.39, 0.29) is 0 Å². The van der Waals surface area contributed by atoms with Crippen molar-refractivity contribution in [2.45, 2.75) is 32.2 Å². The van der Waals surface area contributed by atoms with Gasteiger partial charge in [-0.3, -0.25) is 4.99 Å². The second-order valence-electron chi connectivity index (χ2n) is 7.23. The van der Waals surface area contributed by atoms with Gasteiger partial charge in [-0.15, -0.1) is 0 Å². The van der Waals surface area contributed by atoms with Crippen LogP contribution in [-0.4, -0.2) is 89.0 Å². The number of guanidine groups is 1. The van der Waals surface area contributed by atoms with Gasteiger partial charge in [0.15, 0.2) is 5.96 Å². The van der Waals surface area contributed by atoms with Gasteiger partial charge < -0.3 is 24.6 Å². The molecular weight excluding hydrogens is 304 g/mol. The normalized spacial score (nSPS) is 23.1. The first-order valence-electron chi connectivity index (χ1n) is 9.42. The van der Waals surface area contributed by atoms with Crippen molar-refractivity contribution >= 4 is 5.96 Å². The number of hydrogen-bond acceptors (Lipinski definition) is 4. The summed E-state index contributed by atoms with van der Waals surface area (Å²) in [7, 11) is 6.06. The van der Waals surface area contributed by atoms with Crippen LogP contribution in [0, 0.1) is 11.8 Å². The lowest BCUT2D eigenvalue weighted by Crippen LogP contribution is -2.42. The van der Waals surface area contributed by atoms with Crippen LogP contribution >= 0.6 is 0 Å². The third kappa shape index (κ3) is 6.22. The summed E-state index contributed by atoms with van der Waals surface area (Å²) in [6.07, 6.45) is 3.90. The maximum atomic E-state index is 5.70. The van der Waals surface area contributed by atoms with E-state index in [1.807, 2.05) is 0 Å². The van der Waals surface area contributed by atoms with Crippen LogP contribution in [0.15, 0.2) is 4.99 Å². The molecule has 2 aliphatic rings. The number of methoxy groups -OCH3 is 1. The van der Waals surface area contributed by atoms with E-state index in [1.54, 1.807) is 7.11 Å². The largest absolute Gasteiger partial charge is 0.382 e. The SMILES string of the molecule is CCNC(=NCC(C1CC1)N(C)C)N1CCC(COCCOC)C1. The lowest BCUT2D eigenvalue weighted by atomic mass is 10.1. The Kier molecular flexibility index (Phi) is 8.29. The van der Waals surface area contributed by atoms with E-state index >= 15 is 0 Å². The Bertz CT molecular complexity index is 383. The molecule has 1 heterocycles. The summed E-state index contributed by atoms with van der Waals surface area (Å²) in [5.74, 6) is 2.51. The first kappa shape index (κ1) is 19.5. The van der Waals surface area contributed by atoms with Crippen LogP contribution in [0.25, 0.3) is 0 Å². The van der Waals surface area contributed by atoms with Gasteiger partial charge in [0.1, 0.15) is 0 Å². The summed E-state index contributed by atoms with van der Waals surface area (Å²) in [5.41, 5.74) is 0. The second-order valence-corrected chi connectivity index (χ2v) is 7.23. The monoisotopic (exact) mass is 340 g/mol. The van der Waals surface area contributed by atoms with Crippen molar-refractivity contribution < 1.29 is 9.47 Å². The molecule has 1 saturated heterocycles. The van der Waals surface area contributed by atoms with Crippen molar-refractivity contribution in [1.82, 2.24) is 15.1 Å². The lowest BCUT2D eigenvalue weighted by molar-refractivity contribution is 0.0536. The molecule has 1 N–H and O–H groups in total. The minimum Gasteiger partial charge on any atom is -0.382 e. The fourth-order valence-corrected chi connectivity index (χ4v) is 3.37. The number of hydrogen-bond donors (Lipinski definition) is 1. The second kappa shape index (κ2) is 10.2. The molecule has 2 fully saturated rings.